The molecule has 2 heterocycles. The van der Waals surface area contributed by atoms with Crippen LogP contribution in [0.1, 0.15) is 16.7 Å². The minimum Gasteiger partial charge on any atom is -0.394 e. The van der Waals surface area contributed by atoms with Gasteiger partial charge in [-0.25, -0.2) is 4.98 Å². The second-order valence-electron chi connectivity index (χ2n) is 5.65. The van der Waals surface area contributed by atoms with Gasteiger partial charge in [0.15, 0.2) is 11.9 Å². The number of primary amides is 1. The molecule has 132 valence electrons. The minimum atomic E-state index is -1.47. The third-order valence-electron chi connectivity index (χ3n) is 4.02. The second kappa shape index (κ2) is 6.73. The largest absolute Gasteiger partial charge is 0.394 e. The Morgan fingerprint density at radius 3 is 2.48 bits per heavy atom. The molecule has 1 aromatic heterocycles. The summed E-state index contributed by atoms with van der Waals surface area (Å²) < 4.78 is 6.32. The number of amides is 1. The molecule has 1 saturated heterocycles. The highest BCUT2D eigenvalue weighted by molar-refractivity contribution is 5.90. The van der Waals surface area contributed by atoms with Crippen LogP contribution in [0.25, 0.3) is 11.3 Å². The normalized spacial score (nSPS) is 25.9. The zero-order valence-corrected chi connectivity index (χ0v) is 13.0. The highest BCUT2D eigenvalue weighted by atomic mass is 16.6. The molecule has 1 aromatic carbocycles. The summed E-state index contributed by atoms with van der Waals surface area (Å²) in [5.74, 6) is -1.02. The number of ether oxygens (including phenoxy) is 1. The average Bonchev–Trinajstić information content (AvgIpc) is 2.90. The van der Waals surface area contributed by atoms with Crippen molar-refractivity contribution in [2.24, 2.45) is 5.73 Å². The summed E-state index contributed by atoms with van der Waals surface area (Å²) in [6, 6.07) is 8.74. The molecule has 1 fully saturated rings. The molecule has 1 aliphatic rings. The maximum atomic E-state index is 12.5. The van der Waals surface area contributed by atoms with E-state index in [9.17, 15) is 24.9 Å². The summed E-state index contributed by atoms with van der Waals surface area (Å²) in [7, 11) is 0. The first-order valence-electron chi connectivity index (χ1n) is 7.55. The van der Waals surface area contributed by atoms with Crippen LogP contribution in [-0.4, -0.2) is 55.7 Å². The standard InChI is InChI=1S/C16H17N3O6/c17-14(23)11-15(24)19(16-13(22)12(21)10(7-20)25-16)6-9(18-11)8-4-2-1-3-5-8/h1-6,10,12-13,16,20-22H,7H2,(H2,17,23). The van der Waals surface area contributed by atoms with Crippen molar-refractivity contribution in [3.05, 3.63) is 52.6 Å². The van der Waals surface area contributed by atoms with Crippen LogP contribution >= 0.6 is 0 Å². The maximum Gasteiger partial charge on any atom is 0.284 e. The number of carbonyl (C=O) groups excluding carboxylic acids is 1. The van der Waals surface area contributed by atoms with Gasteiger partial charge in [-0.15, -0.1) is 0 Å². The number of benzene rings is 1. The van der Waals surface area contributed by atoms with Crippen LogP contribution in [0.3, 0.4) is 0 Å². The van der Waals surface area contributed by atoms with Gasteiger partial charge in [0, 0.05) is 11.8 Å². The zero-order chi connectivity index (χ0) is 18.1. The number of nitrogens with zero attached hydrogens (tertiary/aromatic N) is 2. The highest BCUT2D eigenvalue weighted by Crippen LogP contribution is 2.29. The molecule has 5 N–H and O–H groups in total. The maximum absolute atomic E-state index is 12.5. The third kappa shape index (κ3) is 3.05. The van der Waals surface area contributed by atoms with Gasteiger partial charge in [0.1, 0.15) is 18.3 Å². The predicted molar refractivity (Wildman–Crippen MR) is 85.5 cm³/mol. The lowest BCUT2D eigenvalue weighted by Gasteiger charge is -2.19. The summed E-state index contributed by atoms with van der Waals surface area (Å²) in [5.41, 5.74) is 4.75. The van der Waals surface area contributed by atoms with Gasteiger partial charge in [-0.05, 0) is 0 Å². The van der Waals surface area contributed by atoms with Crippen molar-refractivity contribution in [2.75, 3.05) is 6.61 Å². The first kappa shape index (κ1) is 17.2. The number of hydrogen-bond acceptors (Lipinski definition) is 7. The fourth-order valence-corrected chi connectivity index (χ4v) is 2.72. The fourth-order valence-electron chi connectivity index (χ4n) is 2.72. The monoisotopic (exact) mass is 347 g/mol. The van der Waals surface area contributed by atoms with E-state index in [1.54, 1.807) is 30.3 Å². The molecule has 0 saturated carbocycles. The van der Waals surface area contributed by atoms with Gasteiger partial charge in [-0.3, -0.25) is 14.2 Å². The van der Waals surface area contributed by atoms with Crippen molar-refractivity contribution in [1.82, 2.24) is 9.55 Å². The van der Waals surface area contributed by atoms with E-state index in [-0.39, 0.29) is 5.69 Å². The minimum absolute atomic E-state index is 0.270. The van der Waals surface area contributed by atoms with E-state index in [1.165, 1.54) is 6.20 Å². The molecule has 1 amide bonds. The van der Waals surface area contributed by atoms with E-state index in [4.69, 9.17) is 10.5 Å². The van der Waals surface area contributed by atoms with Crippen LogP contribution in [0.15, 0.2) is 41.3 Å². The van der Waals surface area contributed by atoms with Gasteiger partial charge in [-0.2, -0.15) is 0 Å². The van der Waals surface area contributed by atoms with Gasteiger partial charge < -0.3 is 25.8 Å². The lowest BCUT2D eigenvalue weighted by molar-refractivity contribution is -0.0545. The van der Waals surface area contributed by atoms with Crippen LogP contribution in [0.2, 0.25) is 0 Å². The lowest BCUT2D eigenvalue weighted by Crippen LogP contribution is -2.38. The Kier molecular flexibility index (Phi) is 4.64. The Bertz CT molecular complexity index is 838. The molecule has 3 rings (SSSR count). The van der Waals surface area contributed by atoms with Crippen molar-refractivity contribution in [3.8, 4) is 11.3 Å². The first-order chi connectivity index (χ1) is 11.9. The van der Waals surface area contributed by atoms with Crippen LogP contribution < -0.4 is 11.3 Å². The number of aromatic nitrogens is 2. The molecule has 4 unspecified atom stereocenters. The second-order valence-corrected chi connectivity index (χ2v) is 5.65. The van der Waals surface area contributed by atoms with Gasteiger partial charge in [-0.1, -0.05) is 30.3 Å². The van der Waals surface area contributed by atoms with Crippen molar-refractivity contribution < 1.29 is 24.9 Å². The Morgan fingerprint density at radius 1 is 1.24 bits per heavy atom. The number of rotatable bonds is 4. The number of aliphatic hydroxyl groups is 3. The van der Waals surface area contributed by atoms with Crippen LogP contribution in [0.5, 0.6) is 0 Å². The molecule has 25 heavy (non-hydrogen) atoms. The van der Waals surface area contributed by atoms with Crippen molar-refractivity contribution in [2.45, 2.75) is 24.5 Å². The molecule has 0 radical (unpaired) electrons. The number of nitrogens with two attached hydrogens (primary N) is 1. The molecule has 2 aromatic rings. The van der Waals surface area contributed by atoms with Crippen LogP contribution in [0, 0.1) is 0 Å². The number of carbonyl (C=O) groups is 1. The number of aliphatic hydroxyl groups excluding tert-OH is 3. The van der Waals surface area contributed by atoms with Gasteiger partial charge >= 0.3 is 0 Å². The predicted octanol–water partition coefficient (Wildman–Crippen LogP) is -1.38. The van der Waals surface area contributed by atoms with E-state index >= 15 is 0 Å². The molecule has 9 heteroatoms. The topological polar surface area (TPSA) is 148 Å². The molecular formula is C16H17N3O6. The molecule has 9 nitrogen and oxygen atoms in total. The zero-order valence-electron chi connectivity index (χ0n) is 13.0. The molecule has 0 aliphatic carbocycles. The highest BCUT2D eigenvalue weighted by Gasteiger charge is 2.44. The lowest BCUT2D eigenvalue weighted by atomic mass is 10.1. The smallest absolute Gasteiger partial charge is 0.284 e. The van der Waals surface area contributed by atoms with E-state index in [0.717, 1.165) is 4.57 Å². The Balaban J connectivity index is 2.15. The van der Waals surface area contributed by atoms with Gasteiger partial charge in [0.25, 0.3) is 11.5 Å². The molecule has 1 aliphatic heterocycles. The Morgan fingerprint density at radius 2 is 1.92 bits per heavy atom. The Hall–Kier alpha value is -2.59. The average molecular weight is 347 g/mol. The van der Waals surface area contributed by atoms with E-state index in [1.807, 2.05) is 0 Å². The van der Waals surface area contributed by atoms with E-state index in [2.05, 4.69) is 4.98 Å². The van der Waals surface area contributed by atoms with Crippen LogP contribution in [0.4, 0.5) is 0 Å². The van der Waals surface area contributed by atoms with Gasteiger partial charge in [0.2, 0.25) is 0 Å². The molecule has 4 atom stereocenters. The number of hydrogen-bond donors (Lipinski definition) is 4. The van der Waals surface area contributed by atoms with Crippen molar-refractivity contribution in [3.63, 3.8) is 0 Å². The first-order valence-corrected chi connectivity index (χ1v) is 7.55. The molecule has 0 bridgehead atoms. The third-order valence-corrected chi connectivity index (χ3v) is 4.02. The van der Waals surface area contributed by atoms with Crippen molar-refractivity contribution >= 4 is 5.91 Å². The fraction of sp³-hybridized carbons (Fsp3) is 0.312. The van der Waals surface area contributed by atoms with Gasteiger partial charge in [0.05, 0.1) is 12.3 Å². The molecule has 0 spiro atoms. The summed E-state index contributed by atoms with van der Waals surface area (Å²) in [6.07, 6.45) is -3.89. The SMILES string of the molecule is NC(=O)c1nc(-c2ccccc2)cn(C2OC(CO)C(O)C2O)c1=O. The summed E-state index contributed by atoms with van der Waals surface area (Å²) in [6.45, 7) is -0.539. The Labute approximate surface area is 141 Å². The molecular weight excluding hydrogens is 330 g/mol. The summed E-state index contributed by atoms with van der Waals surface area (Å²) >= 11 is 0. The van der Waals surface area contributed by atoms with E-state index < -0.39 is 48.3 Å². The quantitative estimate of drug-likeness (QED) is 0.533. The van der Waals surface area contributed by atoms with Crippen molar-refractivity contribution in [1.29, 1.82) is 0 Å². The van der Waals surface area contributed by atoms with Crippen LogP contribution in [-0.2, 0) is 4.74 Å². The summed E-state index contributed by atoms with van der Waals surface area (Å²) in [5, 5.41) is 29.2. The summed E-state index contributed by atoms with van der Waals surface area (Å²) in [4.78, 5) is 28.1. The van der Waals surface area contributed by atoms with E-state index in [0.29, 0.717) is 5.56 Å².